The zero-order valence-corrected chi connectivity index (χ0v) is 11.8. The van der Waals surface area contributed by atoms with Crippen molar-refractivity contribution in [2.45, 2.75) is 27.4 Å². The Hall–Kier alpha value is -2.77. The monoisotopic (exact) mass is 287 g/mol. The fourth-order valence-electron chi connectivity index (χ4n) is 1.94. The van der Waals surface area contributed by atoms with Crippen LogP contribution in [0.5, 0.6) is 0 Å². The fourth-order valence-corrected chi connectivity index (χ4v) is 1.94. The maximum absolute atomic E-state index is 11.9. The van der Waals surface area contributed by atoms with Gasteiger partial charge >= 0.3 is 5.97 Å². The average molecular weight is 287 g/mol. The minimum atomic E-state index is -0.627. The standard InChI is InChI=1S/C13H13N5O3/c1-7-4-8(2)18-13(14-7)15-11(16-18)12(19)20-6-10-5-9(3)21-17-10/h4-5H,6H2,1-3H3. The van der Waals surface area contributed by atoms with Crippen LogP contribution in [0.2, 0.25) is 0 Å². The summed E-state index contributed by atoms with van der Waals surface area (Å²) in [7, 11) is 0. The summed E-state index contributed by atoms with van der Waals surface area (Å²) in [6.45, 7) is 5.49. The van der Waals surface area contributed by atoms with Gasteiger partial charge in [-0.25, -0.2) is 14.3 Å². The normalized spacial score (nSPS) is 11.0. The van der Waals surface area contributed by atoms with Crippen molar-refractivity contribution >= 4 is 11.7 Å². The molecule has 108 valence electrons. The van der Waals surface area contributed by atoms with E-state index >= 15 is 0 Å². The van der Waals surface area contributed by atoms with Crippen molar-refractivity contribution in [1.82, 2.24) is 24.7 Å². The van der Waals surface area contributed by atoms with Gasteiger partial charge in [-0.05, 0) is 26.8 Å². The summed E-state index contributed by atoms with van der Waals surface area (Å²) in [6, 6.07) is 3.55. The summed E-state index contributed by atoms with van der Waals surface area (Å²) in [5.41, 5.74) is 2.19. The number of aromatic nitrogens is 5. The highest BCUT2D eigenvalue weighted by atomic mass is 16.5. The van der Waals surface area contributed by atoms with Crippen molar-refractivity contribution in [3.8, 4) is 0 Å². The summed E-state index contributed by atoms with van der Waals surface area (Å²) in [5.74, 6) is 0.369. The van der Waals surface area contributed by atoms with E-state index in [2.05, 4.69) is 20.2 Å². The highest BCUT2D eigenvalue weighted by Gasteiger charge is 2.17. The van der Waals surface area contributed by atoms with Gasteiger partial charge in [0.2, 0.25) is 0 Å². The minimum absolute atomic E-state index is 0.0111. The van der Waals surface area contributed by atoms with Crippen LogP contribution in [0.15, 0.2) is 16.7 Å². The third-order valence-corrected chi connectivity index (χ3v) is 2.83. The van der Waals surface area contributed by atoms with Crippen LogP contribution in [-0.2, 0) is 11.3 Å². The lowest BCUT2D eigenvalue weighted by Crippen LogP contribution is -2.08. The van der Waals surface area contributed by atoms with Gasteiger partial charge in [-0.1, -0.05) is 5.16 Å². The van der Waals surface area contributed by atoms with Gasteiger partial charge in [0, 0.05) is 17.5 Å². The van der Waals surface area contributed by atoms with Crippen LogP contribution >= 0.6 is 0 Å². The van der Waals surface area contributed by atoms with Gasteiger partial charge in [-0.2, -0.15) is 4.98 Å². The number of fused-ring (bicyclic) bond motifs is 1. The largest absolute Gasteiger partial charge is 0.453 e. The first-order valence-corrected chi connectivity index (χ1v) is 6.33. The van der Waals surface area contributed by atoms with E-state index in [0.717, 1.165) is 11.4 Å². The van der Waals surface area contributed by atoms with Crippen LogP contribution in [-0.4, -0.2) is 30.7 Å². The first kappa shape index (κ1) is 13.2. The number of esters is 1. The number of nitrogens with zero attached hydrogens (tertiary/aromatic N) is 5. The number of carbonyl (C=O) groups is 1. The zero-order chi connectivity index (χ0) is 15.0. The molecule has 3 aromatic heterocycles. The molecular weight excluding hydrogens is 274 g/mol. The summed E-state index contributed by atoms with van der Waals surface area (Å²) in [4.78, 5) is 20.2. The fraction of sp³-hybridized carbons (Fsp3) is 0.308. The molecule has 3 rings (SSSR count). The number of hydrogen-bond acceptors (Lipinski definition) is 7. The van der Waals surface area contributed by atoms with Crippen LogP contribution in [0.25, 0.3) is 5.78 Å². The van der Waals surface area contributed by atoms with Crippen molar-refractivity contribution < 1.29 is 14.1 Å². The second kappa shape index (κ2) is 4.97. The molecular formula is C13H13N5O3. The van der Waals surface area contributed by atoms with Crippen molar-refractivity contribution in [3.63, 3.8) is 0 Å². The Morgan fingerprint density at radius 1 is 1.29 bits per heavy atom. The van der Waals surface area contributed by atoms with Gasteiger partial charge in [0.05, 0.1) is 0 Å². The molecule has 0 aliphatic rings. The Morgan fingerprint density at radius 3 is 2.81 bits per heavy atom. The van der Waals surface area contributed by atoms with E-state index in [-0.39, 0.29) is 12.4 Å². The molecule has 0 unspecified atom stereocenters. The highest BCUT2D eigenvalue weighted by molar-refractivity contribution is 5.85. The third-order valence-electron chi connectivity index (χ3n) is 2.83. The molecule has 0 radical (unpaired) electrons. The van der Waals surface area contributed by atoms with Gasteiger partial charge in [-0.15, -0.1) is 5.10 Å². The Labute approximate surface area is 119 Å². The molecule has 0 fully saturated rings. The molecule has 8 heteroatoms. The van der Waals surface area contributed by atoms with Gasteiger partial charge in [0.1, 0.15) is 18.1 Å². The van der Waals surface area contributed by atoms with Crippen LogP contribution < -0.4 is 0 Å². The molecule has 3 heterocycles. The summed E-state index contributed by atoms with van der Waals surface area (Å²) >= 11 is 0. The lowest BCUT2D eigenvalue weighted by atomic mass is 10.4. The molecule has 0 aliphatic carbocycles. The number of hydrogen-bond donors (Lipinski definition) is 0. The van der Waals surface area contributed by atoms with Crippen LogP contribution in [0.1, 0.15) is 33.5 Å². The number of aryl methyl sites for hydroxylation is 3. The molecule has 0 aliphatic heterocycles. The Balaban J connectivity index is 1.80. The smallest absolute Gasteiger partial charge is 0.378 e. The second-order valence-electron chi connectivity index (χ2n) is 4.69. The molecule has 3 aromatic rings. The Kier molecular flexibility index (Phi) is 3.13. The Morgan fingerprint density at radius 2 is 2.10 bits per heavy atom. The van der Waals surface area contributed by atoms with E-state index in [9.17, 15) is 4.79 Å². The van der Waals surface area contributed by atoms with Gasteiger partial charge in [-0.3, -0.25) is 0 Å². The quantitative estimate of drug-likeness (QED) is 0.672. The van der Waals surface area contributed by atoms with E-state index in [0.29, 0.717) is 17.2 Å². The van der Waals surface area contributed by atoms with Gasteiger partial charge in [0.15, 0.2) is 0 Å². The lowest BCUT2D eigenvalue weighted by molar-refractivity contribution is 0.0450. The predicted octanol–water partition coefficient (Wildman–Crippen LogP) is 1.39. The molecule has 0 amide bonds. The molecule has 0 spiro atoms. The molecule has 0 aromatic carbocycles. The average Bonchev–Trinajstić information content (AvgIpc) is 3.02. The van der Waals surface area contributed by atoms with Crippen LogP contribution in [0, 0.1) is 20.8 Å². The van der Waals surface area contributed by atoms with Gasteiger partial charge < -0.3 is 9.26 Å². The van der Waals surface area contributed by atoms with E-state index in [1.807, 2.05) is 19.9 Å². The number of carbonyl (C=O) groups excluding carboxylic acids is 1. The van der Waals surface area contributed by atoms with Crippen LogP contribution in [0.3, 0.4) is 0 Å². The number of rotatable bonds is 3. The van der Waals surface area contributed by atoms with Crippen molar-refractivity contribution in [2.75, 3.05) is 0 Å². The second-order valence-corrected chi connectivity index (χ2v) is 4.69. The topological polar surface area (TPSA) is 95.4 Å². The first-order valence-electron chi connectivity index (χ1n) is 6.33. The summed E-state index contributed by atoms with van der Waals surface area (Å²) in [6.07, 6.45) is 0. The highest BCUT2D eigenvalue weighted by Crippen LogP contribution is 2.08. The van der Waals surface area contributed by atoms with Crippen molar-refractivity contribution in [3.05, 3.63) is 40.8 Å². The van der Waals surface area contributed by atoms with Crippen molar-refractivity contribution in [2.24, 2.45) is 0 Å². The number of ether oxygens (including phenoxy) is 1. The zero-order valence-electron chi connectivity index (χ0n) is 11.8. The molecule has 0 bridgehead atoms. The first-order chi connectivity index (χ1) is 10.0. The van der Waals surface area contributed by atoms with E-state index in [1.165, 1.54) is 4.52 Å². The minimum Gasteiger partial charge on any atom is -0.453 e. The Bertz CT molecular complexity index is 820. The summed E-state index contributed by atoms with van der Waals surface area (Å²) < 4.78 is 11.5. The van der Waals surface area contributed by atoms with Crippen LogP contribution in [0.4, 0.5) is 0 Å². The third kappa shape index (κ3) is 2.60. The van der Waals surface area contributed by atoms with E-state index in [4.69, 9.17) is 9.26 Å². The molecule has 21 heavy (non-hydrogen) atoms. The SMILES string of the molecule is Cc1cc(C)n2nc(C(=O)OCc3cc(C)on3)nc2n1. The molecule has 0 saturated carbocycles. The summed E-state index contributed by atoms with van der Waals surface area (Å²) in [5, 5.41) is 7.83. The predicted molar refractivity (Wildman–Crippen MR) is 70.6 cm³/mol. The lowest BCUT2D eigenvalue weighted by Gasteiger charge is -1.98. The molecule has 0 atom stereocenters. The molecule has 8 nitrogen and oxygen atoms in total. The van der Waals surface area contributed by atoms with E-state index < -0.39 is 5.97 Å². The molecule has 0 N–H and O–H groups in total. The van der Waals surface area contributed by atoms with E-state index in [1.54, 1.807) is 13.0 Å². The van der Waals surface area contributed by atoms with Gasteiger partial charge in [0.25, 0.3) is 11.6 Å². The maximum Gasteiger partial charge on any atom is 0.378 e. The van der Waals surface area contributed by atoms with Crippen molar-refractivity contribution in [1.29, 1.82) is 0 Å². The molecule has 0 saturated heterocycles. The maximum atomic E-state index is 11.9.